The van der Waals surface area contributed by atoms with E-state index < -0.39 is 40.6 Å². The Kier molecular flexibility index (Phi) is 30.9. The van der Waals surface area contributed by atoms with Gasteiger partial charge in [0.05, 0.1) is 25.2 Å². The fourth-order valence-electron chi connectivity index (χ4n) is 9.25. The van der Waals surface area contributed by atoms with Crippen LogP contribution in [0.5, 0.6) is 0 Å². The van der Waals surface area contributed by atoms with Gasteiger partial charge in [0.2, 0.25) is 0 Å². The van der Waals surface area contributed by atoms with Crippen molar-refractivity contribution in [1.82, 2.24) is 75.1 Å². The number of carbonyl (C=O) groups is 3. The molecule has 10 rings (SSSR count). The van der Waals surface area contributed by atoms with Crippen LogP contribution in [0.15, 0.2) is 79.3 Å². The van der Waals surface area contributed by atoms with Gasteiger partial charge in [0.1, 0.15) is 47.4 Å². The number of fused-ring (bicyclic) bond motifs is 3. The van der Waals surface area contributed by atoms with Crippen LogP contribution in [0.1, 0.15) is 105 Å². The molecule has 3 aliphatic rings. The molecular formula is C63H99BCl2N16O9Si2. The van der Waals surface area contributed by atoms with Gasteiger partial charge < -0.3 is 49.0 Å². The molecule has 0 unspecified atom stereocenters. The number of hydrogen-bond donors (Lipinski definition) is 4. The van der Waals surface area contributed by atoms with E-state index >= 15 is 0 Å². The Morgan fingerprint density at radius 1 is 0.613 bits per heavy atom. The first-order valence-corrected chi connectivity index (χ1v) is 37.7. The molecule has 3 aliphatic heterocycles. The quantitative estimate of drug-likeness (QED) is 0.0581. The molecule has 0 bridgehead atoms. The zero-order valence-corrected chi connectivity index (χ0v) is 56.5. The third-order valence-corrected chi connectivity index (χ3v) is 17.6. The zero-order valence-electron chi connectivity index (χ0n) is 53.0. The molecule has 0 radical (unpaired) electrons. The van der Waals surface area contributed by atoms with E-state index in [-0.39, 0.29) is 60.7 Å². The largest absolute Gasteiger partial charge is 0.510 e. The number of ether oxygens (including phenoxy) is 4. The van der Waals surface area contributed by atoms with Gasteiger partial charge in [-0.25, -0.2) is 23.7 Å². The number of nitrogens with one attached hydrogen (secondary N) is 2. The minimum atomic E-state index is -1.69. The number of amides is 4. The van der Waals surface area contributed by atoms with Gasteiger partial charge in [-0.2, -0.15) is 30.6 Å². The lowest BCUT2D eigenvalue weighted by molar-refractivity contribution is 0.0208. The smallest absolute Gasteiger partial charge is 0.444 e. The highest BCUT2D eigenvalue weighted by atomic mass is 35.5. The van der Waals surface area contributed by atoms with E-state index in [9.17, 15) is 24.4 Å². The molecule has 0 saturated carbocycles. The van der Waals surface area contributed by atoms with Crippen molar-refractivity contribution in [2.75, 3.05) is 38.2 Å². The summed E-state index contributed by atoms with van der Waals surface area (Å²) < 4.78 is 26.3. The summed E-state index contributed by atoms with van der Waals surface area (Å²) in [7, 11) is -4.01. The summed E-state index contributed by atoms with van der Waals surface area (Å²) >= 11 is 11.3. The van der Waals surface area contributed by atoms with Crippen LogP contribution in [0.3, 0.4) is 0 Å². The van der Waals surface area contributed by atoms with Crippen molar-refractivity contribution in [2.24, 2.45) is 0 Å². The SMILES string of the molecule is C.C.C.C.CC(C)(C)OC(=O)N1CCc2c(c(-c3cccnn3)nn2COCC[Si](C)(C)C)C1.CC(C)(C)OC(=O)N1CCc2c(c(B(O)O)nn2COCC[Si](C)(C)C)C1.Clc1cccnn1.O=C(Nc1cccc(Cl)c1)N1CCc2[nH]nc(-c3cccnn3)c2C1. The maximum absolute atomic E-state index is 12.6. The number of nitrogens with zero attached hydrogens (tertiary/aromatic N) is 14. The molecule has 25 nitrogen and oxygen atoms in total. The summed E-state index contributed by atoms with van der Waals surface area (Å²) in [4.78, 5) is 42.6. The molecule has 0 spiro atoms. The maximum Gasteiger partial charge on any atom is 0.510 e. The van der Waals surface area contributed by atoms with E-state index in [2.05, 4.69) is 90.5 Å². The van der Waals surface area contributed by atoms with Crippen molar-refractivity contribution in [2.45, 2.75) is 186 Å². The molecule has 6 aromatic heterocycles. The van der Waals surface area contributed by atoms with Gasteiger partial charge in [-0.05, 0) is 108 Å². The summed E-state index contributed by atoms with van der Waals surface area (Å²) in [5.74, 6) is 0. The Bertz CT molecular complexity index is 3430. The van der Waals surface area contributed by atoms with Gasteiger partial charge >= 0.3 is 25.3 Å². The first-order chi connectivity index (χ1) is 42.0. The third kappa shape index (κ3) is 24.9. The number of carbonyl (C=O) groups excluding carboxylic acids is 3. The van der Waals surface area contributed by atoms with Crippen LogP contribution < -0.4 is 10.9 Å². The lowest BCUT2D eigenvalue weighted by Crippen LogP contribution is -2.43. The third-order valence-electron chi connectivity index (χ3n) is 13.7. The van der Waals surface area contributed by atoms with E-state index in [4.69, 9.17) is 47.2 Å². The van der Waals surface area contributed by atoms with Crippen LogP contribution in [0, 0.1) is 0 Å². The molecular weight excluding hydrogens is 1260 g/mol. The Hall–Kier alpha value is -7.18. The highest BCUT2D eigenvalue weighted by molar-refractivity contribution is 6.76. The molecule has 7 aromatic rings. The average molecular weight is 1360 g/mol. The molecule has 0 fully saturated rings. The average Bonchev–Trinajstić information content (AvgIpc) is 1.67. The van der Waals surface area contributed by atoms with E-state index in [1.807, 2.05) is 76.6 Å². The number of H-pyrrole nitrogens is 1. The molecule has 30 heteroatoms. The van der Waals surface area contributed by atoms with Gasteiger partial charge in [-0.3, -0.25) is 5.10 Å². The Labute approximate surface area is 561 Å². The van der Waals surface area contributed by atoms with Crippen LogP contribution in [0.2, 0.25) is 61.5 Å². The first kappa shape index (κ1) is 80.1. The first-order valence-electron chi connectivity index (χ1n) is 29.5. The second-order valence-corrected chi connectivity index (χ2v) is 37.9. The number of aromatic nitrogens is 12. The molecule has 9 heterocycles. The van der Waals surface area contributed by atoms with Crippen molar-refractivity contribution < 1.29 is 43.4 Å². The van der Waals surface area contributed by atoms with Gasteiger partial charge in [0.25, 0.3) is 0 Å². The lowest BCUT2D eigenvalue weighted by Gasteiger charge is -2.30. The predicted octanol–water partition coefficient (Wildman–Crippen LogP) is 11.9. The fourth-order valence-corrected chi connectivity index (χ4v) is 11.1. The van der Waals surface area contributed by atoms with Crippen LogP contribution >= 0.6 is 23.2 Å². The normalized spacial score (nSPS) is 13.3. The summed E-state index contributed by atoms with van der Waals surface area (Å²) in [6, 6.07) is 19.9. The molecule has 4 amide bonds. The Morgan fingerprint density at radius 3 is 1.56 bits per heavy atom. The van der Waals surface area contributed by atoms with Crippen LogP contribution in [-0.2, 0) is 71.3 Å². The Balaban J connectivity index is 0.000000339. The summed E-state index contributed by atoms with van der Waals surface area (Å²) in [5.41, 5.74) is 8.25. The molecule has 4 N–H and O–H groups in total. The molecule has 0 aliphatic carbocycles. The van der Waals surface area contributed by atoms with Crippen molar-refractivity contribution in [3.05, 3.63) is 123 Å². The fraction of sp³-hybridized carbons (Fsp3) is 0.524. The van der Waals surface area contributed by atoms with Crippen LogP contribution in [-0.4, -0.2) is 171 Å². The molecule has 510 valence electrons. The highest BCUT2D eigenvalue weighted by Crippen LogP contribution is 2.31. The van der Waals surface area contributed by atoms with Crippen molar-refractivity contribution >= 4 is 76.0 Å². The second kappa shape index (κ2) is 35.9. The van der Waals surface area contributed by atoms with E-state index in [0.29, 0.717) is 98.1 Å². The van der Waals surface area contributed by atoms with Crippen molar-refractivity contribution in [3.63, 3.8) is 0 Å². The van der Waals surface area contributed by atoms with Gasteiger partial charge in [0, 0.05) is 131 Å². The highest BCUT2D eigenvalue weighted by Gasteiger charge is 2.35. The van der Waals surface area contributed by atoms with Crippen molar-refractivity contribution in [1.29, 1.82) is 0 Å². The van der Waals surface area contributed by atoms with E-state index in [0.717, 1.165) is 58.3 Å². The predicted molar refractivity (Wildman–Crippen MR) is 372 cm³/mol. The van der Waals surface area contributed by atoms with E-state index in [1.54, 1.807) is 68.3 Å². The van der Waals surface area contributed by atoms with Crippen LogP contribution in [0.4, 0.5) is 20.1 Å². The number of benzene rings is 1. The van der Waals surface area contributed by atoms with Gasteiger partial charge in [-0.15, -0.1) is 15.3 Å². The van der Waals surface area contributed by atoms with Crippen molar-refractivity contribution in [3.8, 4) is 22.8 Å². The Morgan fingerprint density at radius 2 is 1.10 bits per heavy atom. The van der Waals surface area contributed by atoms with E-state index in [1.165, 1.54) is 0 Å². The number of urea groups is 1. The second-order valence-electron chi connectivity index (χ2n) is 25.9. The van der Waals surface area contributed by atoms with Gasteiger partial charge in [-0.1, -0.05) is 98.3 Å². The summed E-state index contributed by atoms with van der Waals surface area (Å²) in [6.45, 7) is 29.9. The number of halogens is 2. The number of aromatic amines is 1. The monoisotopic (exact) mass is 1360 g/mol. The van der Waals surface area contributed by atoms with Gasteiger partial charge in [0.15, 0.2) is 5.15 Å². The van der Waals surface area contributed by atoms with Crippen LogP contribution in [0.25, 0.3) is 22.8 Å². The molecule has 1 aromatic carbocycles. The topological polar surface area (TPSA) is 292 Å². The molecule has 0 saturated heterocycles. The number of hydrogen-bond acceptors (Lipinski definition) is 18. The standard InChI is InChI=1S/C21H33N5O3Si.C17H32BN3O5Si.C17H15ClN6O.C4H3ClN2.4CH4/c1-21(2,3)29-20(27)25-11-9-18-16(14-25)19(17-8-7-10-22-23-17)24-26(18)15-28-12-13-30(4,5)6;1-17(2,3)26-16(22)20-8-7-14-13(11-20)15(18(23)24)19-21(14)12-25-9-10-27(4,5)6;18-11-3-1-4-12(9-11)20-17(25)24-8-6-14-13(10-24)16(23-22-14)15-5-2-7-19-21-15;5-4-2-1-3-6-7-4;;;;/h7-8,10H,9,11-15H2,1-6H3;23-24H,7-12H2,1-6H3;1-5,7,9H,6,8,10H2,(H,20,25)(H,22,23);1-3H;4*1H4. The maximum atomic E-state index is 12.6. The number of anilines is 1. The minimum Gasteiger partial charge on any atom is -0.444 e. The molecule has 93 heavy (non-hydrogen) atoms. The number of rotatable bonds is 14. The lowest BCUT2D eigenvalue weighted by atomic mass is 9.81. The molecule has 0 atom stereocenters. The summed E-state index contributed by atoms with van der Waals surface area (Å²) in [5, 5.41) is 63.0. The minimum absolute atomic E-state index is 0. The summed E-state index contributed by atoms with van der Waals surface area (Å²) in [6.07, 6.45) is 6.08. The zero-order chi connectivity index (χ0) is 64.7.